The van der Waals surface area contributed by atoms with Gasteiger partial charge in [0.1, 0.15) is 6.33 Å². The molecule has 0 bridgehead atoms. The molecule has 2 aromatic rings. The molecule has 0 spiro atoms. The van der Waals surface area contributed by atoms with Crippen molar-refractivity contribution in [1.29, 1.82) is 0 Å². The molecular formula is C13H18N4O. The molecule has 0 saturated heterocycles. The van der Waals surface area contributed by atoms with Crippen LogP contribution in [-0.2, 0) is 6.42 Å². The van der Waals surface area contributed by atoms with Crippen LogP contribution in [-0.4, -0.2) is 24.9 Å². The van der Waals surface area contributed by atoms with E-state index in [1.165, 1.54) is 6.33 Å². The van der Waals surface area contributed by atoms with Crippen molar-refractivity contribution in [3.05, 3.63) is 42.2 Å². The predicted molar refractivity (Wildman–Crippen MR) is 67.9 cm³/mol. The van der Waals surface area contributed by atoms with Gasteiger partial charge in [-0.1, -0.05) is 6.92 Å². The first-order chi connectivity index (χ1) is 8.70. The minimum Gasteiger partial charge on any atom is -0.388 e. The van der Waals surface area contributed by atoms with Crippen LogP contribution in [0.3, 0.4) is 0 Å². The Balaban J connectivity index is 2.03. The fourth-order valence-electron chi connectivity index (χ4n) is 1.72. The van der Waals surface area contributed by atoms with Crippen LogP contribution in [0.25, 0.3) is 0 Å². The maximum Gasteiger partial charge on any atom is 0.115 e. The Morgan fingerprint density at radius 1 is 1.33 bits per heavy atom. The van der Waals surface area contributed by atoms with E-state index in [2.05, 4.69) is 28.9 Å². The van der Waals surface area contributed by atoms with Gasteiger partial charge in [-0.25, -0.2) is 9.97 Å². The maximum absolute atomic E-state index is 10.0. The highest BCUT2D eigenvalue weighted by Crippen LogP contribution is 2.16. The zero-order valence-electron chi connectivity index (χ0n) is 10.7. The summed E-state index contributed by atoms with van der Waals surface area (Å²) in [4.78, 5) is 7.79. The number of aliphatic hydroxyl groups excluding tert-OH is 1. The fourth-order valence-corrected chi connectivity index (χ4v) is 1.72. The van der Waals surface area contributed by atoms with Gasteiger partial charge in [0.05, 0.1) is 11.8 Å². The molecule has 18 heavy (non-hydrogen) atoms. The number of hydrogen-bond donors (Lipinski definition) is 1. The third-order valence-electron chi connectivity index (χ3n) is 3.07. The summed E-state index contributed by atoms with van der Waals surface area (Å²) in [5.41, 5.74) is 1.60. The van der Waals surface area contributed by atoms with Crippen molar-refractivity contribution in [2.24, 2.45) is 0 Å². The van der Waals surface area contributed by atoms with Crippen molar-refractivity contribution in [1.82, 2.24) is 19.7 Å². The van der Waals surface area contributed by atoms with Crippen LogP contribution >= 0.6 is 0 Å². The highest BCUT2D eigenvalue weighted by Gasteiger charge is 2.12. The van der Waals surface area contributed by atoms with Crippen LogP contribution in [0, 0.1) is 0 Å². The smallest absolute Gasteiger partial charge is 0.115 e. The zero-order chi connectivity index (χ0) is 13.0. The van der Waals surface area contributed by atoms with Gasteiger partial charge in [0, 0.05) is 36.6 Å². The van der Waals surface area contributed by atoms with E-state index in [0.29, 0.717) is 12.5 Å². The van der Waals surface area contributed by atoms with Gasteiger partial charge in [-0.05, 0) is 19.4 Å². The van der Waals surface area contributed by atoms with Crippen LogP contribution < -0.4 is 0 Å². The standard InChI is InChI=1S/C13H18N4O/c1-3-10(2)17-5-4-12(16-17)6-13(18)11-7-14-9-15-8-11/h4-5,7-10,13,18H,3,6H2,1-2H3. The molecule has 0 radical (unpaired) electrons. The summed E-state index contributed by atoms with van der Waals surface area (Å²) in [5, 5.41) is 14.5. The van der Waals surface area contributed by atoms with Gasteiger partial charge in [-0.15, -0.1) is 0 Å². The molecule has 5 nitrogen and oxygen atoms in total. The molecule has 5 heteroatoms. The first kappa shape index (κ1) is 12.7. The van der Waals surface area contributed by atoms with Gasteiger partial charge >= 0.3 is 0 Å². The van der Waals surface area contributed by atoms with E-state index in [-0.39, 0.29) is 0 Å². The molecule has 0 amide bonds. The second-order valence-electron chi connectivity index (χ2n) is 4.44. The quantitative estimate of drug-likeness (QED) is 0.875. The van der Waals surface area contributed by atoms with E-state index in [1.54, 1.807) is 12.4 Å². The number of aliphatic hydroxyl groups is 1. The summed E-state index contributed by atoms with van der Waals surface area (Å²) in [6, 6.07) is 2.33. The average molecular weight is 246 g/mol. The summed E-state index contributed by atoms with van der Waals surface area (Å²) in [6.07, 6.45) is 7.58. The van der Waals surface area contributed by atoms with E-state index < -0.39 is 6.10 Å². The molecule has 0 fully saturated rings. The van der Waals surface area contributed by atoms with E-state index in [0.717, 1.165) is 17.7 Å². The average Bonchev–Trinajstić information content (AvgIpc) is 2.87. The van der Waals surface area contributed by atoms with Crippen LogP contribution in [0.5, 0.6) is 0 Å². The van der Waals surface area contributed by atoms with Gasteiger partial charge in [0.15, 0.2) is 0 Å². The first-order valence-electron chi connectivity index (χ1n) is 6.17. The van der Waals surface area contributed by atoms with Crippen molar-refractivity contribution >= 4 is 0 Å². The molecule has 0 saturated carbocycles. The van der Waals surface area contributed by atoms with Gasteiger partial charge in [0.2, 0.25) is 0 Å². The molecule has 2 aromatic heterocycles. The third-order valence-corrected chi connectivity index (χ3v) is 3.07. The Labute approximate surface area is 107 Å². The molecular weight excluding hydrogens is 228 g/mol. The SMILES string of the molecule is CCC(C)n1ccc(CC(O)c2cncnc2)n1. The number of nitrogens with zero attached hydrogens (tertiary/aromatic N) is 4. The van der Waals surface area contributed by atoms with Crippen molar-refractivity contribution in [3.63, 3.8) is 0 Å². The normalized spacial score (nSPS) is 14.4. The topological polar surface area (TPSA) is 63.8 Å². The summed E-state index contributed by atoms with van der Waals surface area (Å²) in [7, 11) is 0. The molecule has 0 aliphatic heterocycles. The molecule has 2 heterocycles. The van der Waals surface area contributed by atoms with Gasteiger partial charge in [-0.3, -0.25) is 4.68 Å². The minimum absolute atomic E-state index is 0.385. The number of aromatic nitrogens is 4. The largest absolute Gasteiger partial charge is 0.388 e. The molecule has 2 atom stereocenters. The Morgan fingerprint density at radius 3 is 2.72 bits per heavy atom. The van der Waals surface area contributed by atoms with Crippen LogP contribution in [0.15, 0.2) is 31.0 Å². The van der Waals surface area contributed by atoms with E-state index in [9.17, 15) is 5.11 Å². The summed E-state index contributed by atoms with van der Waals surface area (Å²) < 4.78 is 1.93. The molecule has 0 aromatic carbocycles. The lowest BCUT2D eigenvalue weighted by Crippen LogP contribution is -2.07. The molecule has 0 aliphatic carbocycles. The van der Waals surface area contributed by atoms with E-state index in [1.807, 2.05) is 16.9 Å². The molecule has 0 aliphatic rings. The Morgan fingerprint density at radius 2 is 2.06 bits per heavy atom. The Kier molecular flexibility index (Phi) is 4.04. The first-order valence-corrected chi connectivity index (χ1v) is 6.17. The van der Waals surface area contributed by atoms with Gasteiger partial charge in [-0.2, -0.15) is 5.10 Å². The van der Waals surface area contributed by atoms with Gasteiger partial charge in [0.25, 0.3) is 0 Å². The molecule has 2 unspecified atom stereocenters. The fraction of sp³-hybridized carbons (Fsp3) is 0.462. The Hall–Kier alpha value is -1.75. The summed E-state index contributed by atoms with van der Waals surface area (Å²) in [6.45, 7) is 4.25. The highest BCUT2D eigenvalue weighted by molar-refractivity contribution is 5.11. The number of hydrogen-bond acceptors (Lipinski definition) is 4. The highest BCUT2D eigenvalue weighted by atomic mass is 16.3. The molecule has 1 N–H and O–H groups in total. The summed E-state index contributed by atoms with van der Waals surface area (Å²) >= 11 is 0. The third kappa shape index (κ3) is 2.92. The van der Waals surface area contributed by atoms with Gasteiger partial charge < -0.3 is 5.11 Å². The minimum atomic E-state index is -0.605. The lowest BCUT2D eigenvalue weighted by atomic mass is 10.1. The summed E-state index contributed by atoms with van der Waals surface area (Å²) in [5.74, 6) is 0. The molecule has 96 valence electrons. The van der Waals surface area contributed by atoms with E-state index >= 15 is 0 Å². The van der Waals surface area contributed by atoms with Crippen molar-refractivity contribution in [2.45, 2.75) is 38.8 Å². The second-order valence-corrected chi connectivity index (χ2v) is 4.44. The molecule has 2 rings (SSSR count). The van der Waals surface area contributed by atoms with Crippen molar-refractivity contribution < 1.29 is 5.11 Å². The van der Waals surface area contributed by atoms with Crippen molar-refractivity contribution in [3.8, 4) is 0 Å². The van der Waals surface area contributed by atoms with Crippen molar-refractivity contribution in [2.75, 3.05) is 0 Å². The monoisotopic (exact) mass is 246 g/mol. The lowest BCUT2D eigenvalue weighted by Gasteiger charge is -2.09. The van der Waals surface area contributed by atoms with Crippen LogP contribution in [0.1, 0.15) is 43.7 Å². The second kappa shape index (κ2) is 5.73. The Bertz CT molecular complexity index is 483. The van der Waals surface area contributed by atoms with E-state index in [4.69, 9.17) is 0 Å². The zero-order valence-corrected chi connectivity index (χ0v) is 10.7. The van der Waals surface area contributed by atoms with Crippen LogP contribution in [0.2, 0.25) is 0 Å². The number of rotatable bonds is 5. The predicted octanol–water partition coefficient (Wildman–Crippen LogP) is 1.92. The van der Waals surface area contributed by atoms with Crippen LogP contribution in [0.4, 0.5) is 0 Å². The lowest BCUT2D eigenvalue weighted by molar-refractivity contribution is 0.176. The maximum atomic E-state index is 10.0.